The van der Waals surface area contributed by atoms with Crippen molar-refractivity contribution in [1.82, 2.24) is 5.32 Å². The predicted molar refractivity (Wildman–Crippen MR) is 132 cm³/mol. The zero-order chi connectivity index (χ0) is 24.6. The Morgan fingerprint density at radius 3 is 2.39 bits per heavy atom. The lowest BCUT2D eigenvalue weighted by Gasteiger charge is -2.39. The molecular weight excluding hydrogens is 436 g/mol. The Morgan fingerprint density at radius 1 is 1.18 bits per heavy atom. The van der Waals surface area contributed by atoms with Gasteiger partial charge in [0, 0.05) is 5.39 Å². The summed E-state index contributed by atoms with van der Waals surface area (Å²) in [5, 5.41) is 3.44. The summed E-state index contributed by atoms with van der Waals surface area (Å²) in [4.78, 5) is 25.8. The van der Waals surface area contributed by atoms with Crippen LogP contribution in [0.3, 0.4) is 0 Å². The monoisotopic (exact) mass is 474 g/mol. The molecule has 1 fully saturated rings. The van der Waals surface area contributed by atoms with Gasteiger partial charge in [-0.05, 0) is 75.9 Å². The molecule has 1 aliphatic rings. The van der Waals surface area contributed by atoms with Crippen LogP contribution in [0.1, 0.15) is 69.5 Å². The molecule has 1 aromatic carbocycles. The Labute approximate surface area is 197 Å². The molecule has 3 rings (SSSR count). The number of amides is 2. The fourth-order valence-electron chi connectivity index (χ4n) is 3.78. The number of ether oxygens (including phenoxy) is 1. The number of rotatable bonds is 8. The van der Waals surface area contributed by atoms with Gasteiger partial charge in [0.2, 0.25) is 5.91 Å². The highest BCUT2D eigenvalue weighted by molar-refractivity contribution is 6.74. The van der Waals surface area contributed by atoms with Gasteiger partial charge in [-0.2, -0.15) is 0 Å². The number of carbonyl (C=O) groups excluding carboxylic acids is 2. The molecule has 33 heavy (non-hydrogen) atoms. The highest BCUT2D eigenvalue weighted by Crippen LogP contribution is 2.37. The summed E-state index contributed by atoms with van der Waals surface area (Å²) in [5.74, 6) is 0.107. The van der Waals surface area contributed by atoms with E-state index in [1.165, 1.54) is 12.8 Å². The molecule has 1 saturated carbocycles. The Hall–Kier alpha value is -2.32. The predicted octanol–water partition coefficient (Wildman–Crippen LogP) is 5.06. The second kappa shape index (κ2) is 9.14. The van der Waals surface area contributed by atoms with E-state index >= 15 is 0 Å². The first kappa shape index (κ1) is 25.3. The van der Waals surface area contributed by atoms with Gasteiger partial charge in [0.25, 0.3) is 5.91 Å². The number of primary amides is 1. The molecule has 0 bridgehead atoms. The number of aryl methyl sites for hydroxylation is 1. The Balaban J connectivity index is 1.85. The first-order valence-corrected chi connectivity index (χ1v) is 14.6. The van der Waals surface area contributed by atoms with Crippen LogP contribution in [0.15, 0.2) is 22.6 Å². The van der Waals surface area contributed by atoms with Crippen LogP contribution >= 0.6 is 0 Å². The number of furan rings is 1. The van der Waals surface area contributed by atoms with Gasteiger partial charge in [-0.15, -0.1) is 0 Å². The molecule has 7 nitrogen and oxygen atoms in total. The largest absolute Gasteiger partial charge is 0.490 e. The average Bonchev–Trinajstić information content (AvgIpc) is 3.32. The van der Waals surface area contributed by atoms with Gasteiger partial charge in [0.15, 0.2) is 8.32 Å². The standard InChI is InChI=1S/C25H38N2O5Si/c1-16-21(19-14-18(12-13-20(19)31-16)32-17-10-8-9-11-17)22(28)27-25(5,23(26)29)15-30-33(6,7)24(2,3)4/h12-14,17H,8-11,15H2,1-7H3,(H2,26,29)(H,27,28). The van der Waals surface area contributed by atoms with Crippen molar-refractivity contribution in [3.05, 3.63) is 29.5 Å². The molecule has 1 aliphatic carbocycles. The van der Waals surface area contributed by atoms with E-state index in [0.717, 1.165) is 12.8 Å². The van der Waals surface area contributed by atoms with Gasteiger partial charge in [-0.25, -0.2) is 0 Å². The molecule has 2 aromatic rings. The van der Waals surface area contributed by atoms with Crippen molar-refractivity contribution in [3.8, 4) is 5.75 Å². The number of hydrogen-bond acceptors (Lipinski definition) is 5. The van der Waals surface area contributed by atoms with Crippen molar-refractivity contribution in [2.75, 3.05) is 6.61 Å². The topological polar surface area (TPSA) is 104 Å². The first-order chi connectivity index (χ1) is 15.2. The summed E-state index contributed by atoms with van der Waals surface area (Å²) in [6, 6.07) is 5.52. The minimum atomic E-state index is -2.15. The van der Waals surface area contributed by atoms with Gasteiger partial charge in [-0.3, -0.25) is 9.59 Å². The number of nitrogens with one attached hydrogen (secondary N) is 1. The summed E-state index contributed by atoms with van der Waals surface area (Å²) in [6.45, 7) is 13.9. The Bertz CT molecular complexity index is 1030. The summed E-state index contributed by atoms with van der Waals surface area (Å²) >= 11 is 0. The maximum atomic E-state index is 13.4. The molecule has 8 heteroatoms. The van der Waals surface area contributed by atoms with Crippen LogP contribution in [0.2, 0.25) is 18.1 Å². The molecular formula is C25H38N2O5Si. The Kier molecular flexibility index (Phi) is 7.01. The molecule has 0 aliphatic heterocycles. The average molecular weight is 475 g/mol. The van der Waals surface area contributed by atoms with Crippen molar-refractivity contribution in [1.29, 1.82) is 0 Å². The third-order valence-electron chi connectivity index (χ3n) is 7.13. The number of fused-ring (bicyclic) bond motifs is 1. The normalized spacial score (nSPS) is 17.2. The van der Waals surface area contributed by atoms with Gasteiger partial charge in [0.1, 0.15) is 22.6 Å². The molecule has 1 unspecified atom stereocenters. The van der Waals surface area contributed by atoms with Crippen molar-refractivity contribution < 1.29 is 23.2 Å². The second-order valence-corrected chi connectivity index (χ2v) is 15.7. The van der Waals surface area contributed by atoms with E-state index in [2.05, 4.69) is 39.2 Å². The van der Waals surface area contributed by atoms with E-state index < -0.39 is 25.7 Å². The van der Waals surface area contributed by atoms with Gasteiger partial charge >= 0.3 is 0 Å². The van der Waals surface area contributed by atoms with Crippen LogP contribution < -0.4 is 15.8 Å². The molecule has 3 N–H and O–H groups in total. The molecule has 1 atom stereocenters. The number of benzene rings is 1. The van der Waals surface area contributed by atoms with Crippen molar-refractivity contribution in [2.45, 2.75) is 90.1 Å². The third kappa shape index (κ3) is 5.43. The van der Waals surface area contributed by atoms with E-state index in [1.54, 1.807) is 13.8 Å². The van der Waals surface area contributed by atoms with E-state index in [4.69, 9.17) is 19.3 Å². The van der Waals surface area contributed by atoms with Crippen molar-refractivity contribution in [3.63, 3.8) is 0 Å². The fourth-order valence-corrected chi connectivity index (χ4v) is 4.86. The summed E-state index contributed by atoms with van der Waals surface area (Å²) in [6.07, 6.45) is 4.64. The number of nitrogens with two attached hydrogens (primary N) is 1. The SMILES string of the molecule is Cc1oc2ccc(OC3CCCC3)cc2c1C(=O)NC(C)(CO[Si](C)(C)C(C)(C)C)C(N)=O. The van der Waals surface area contributed by atoms with Gasteiger partial charge < -0.3 is 24.6 Å². The van der Waals surface area contributed by atoms with Crippen molar-refractivity contribution >= 4 is 31.1 Å². The maximum Gasteiger partial charge on any atom is 0.256 e. The Morgan fingerprint density at radius 2 is 1.82 bits per heavy atom. The quantitative estimate of drug-likeness (QED) is 0.521. The van der Waals surface area contributed by atoms with Crippen LogP contribution in [0.5, 0.6) is 5.75 Å². The van der Waals surface area contributed by atoms with E-state index in [-0.39, 0.29) is 17.7 Å². The maximum absolute atomic E-state index is 13.4. The second-order valence-electron chi connectivity index (χ2n) is 10.9. The minimum absolute atomic E-state index is 0.00936. The minimum Gasteiger partial charge on any atom is -0.490 e. The van der Waals surface area contributed by atoms with Crippen LogP contribution in [0, 0.1) is 6.92 Å². The highest BCUT2D eigenvalue weighted by atomic mass is 28.4. The highest BCUT2D eigenvalue weighted by Gasteiger charge is 2.42. The zero-order valence-electron chi connectivity index (χ0n) is 21.0. The molecule has 2 amide bonds. The molecule has 182 valence electrons. The van der Waals surface area contributed by atoms with Crippen LogP contribution in [-0.4, -0.2) is 38.4 Å². The first-order valence-electron chi connectivity index (χ1n) is 11.7. The van der Waals surface area contributed by atoms with Gasteiger partial charge in [-0.1, -0.05) is 20.8 Å². The summed E-state index contributed by atoms with van der Waals surface area (Å²) < 4.78 is 18.2. The fraction of sp³-hybridized carbons (Fsp3) is 0.600. The van der Waals surface area contributed by atoms with Crippen LogP contribution in [-0.2, 0) is 9.22 Å². The zero-order valence-corrected chi connectivity index (χ0v) is 22.0. The third-order valence-corrected chi connectivity index (χ3v) is 11.6. The molecule has 1 aromatic heterocycles. The lowest BCUT2D eigenvalue weighted by atomic mass is 10.0. The van der Waals surface area contributed by atoms with E-state index in [1.807, 2.05) is 18.2 Å². The lowest BCUT2D eigenvalue weighted by Crippen LogP contribution is -2.60. The molecule has 1 heterocycles. The van der Waals surface area contributed by atoms with E-state index in [0.29, 0.717) is 28.0 Å². The summed E-state index contributed by atoms with van der Waals surface area (Å²) in [7, 11) is -2.15. The van der Waals surface area contributed by atoms with Crippen LogP contribution in [0.25, 0.3) is 11.0 Å². The number of carbonyl (C=O) groups is 2. The smallest absolute Gasteiger partial charge is 0.256 e. The number of hydrogen-bond donors (Lipinski definition) is 2. The molecule has 0 spiro atoms. The van der Waals surface area contributed by atoms with Gasteiger partial charge in [0.05, 0.1) is 18.3 Å². The van der Waals surface area contributed by atoms with E-state index in [9.17, 15) is 9.59 Å². The van der Waals surface area contributed by atoms with Crippen LogP contribution in [0.4, 0.5) is 0 Å². The summed E-state index contributed by atoms with van der Waals surface area (Å²) in [5.41, 5.74) is 5.32. The molecule has 0 radical (unpaired) electrons. The lowest BCUT2D eigenvalue weighted by molar-refractivity contribution is -0.124. The van der Waals surface area contributed by atoms with Crippen molar-refractivity contribution in [2.24, 2.45) is 5.73 Å². The molecule has 0 saturated heterocycles.